The van der Waals surface area contributed by atoms with Gasteiger partial charge in [-0.3, -0.25) is 4.79 Å². The summed E-state index contributed by atoms with van der Waals surface area (Å²) in [6.45, 7) is 1.89. The Bertz CT molecular complexity index is 579. The lowest BCUT2D eigenvalue weighted by molar-refractivity contribution is 0.102. The highest BCUT2D eigenvalue weighted by molar-refractivity contribution is 6.04. The van der Waals surface area contributed by atoms with Gasteiger partial charge in [0.2, 0.25) is 0 Å². The van der Waals surface area contributed by atoms with E-state index in [9.17, 15) is 9.18 Å². The summed E-state index contributed by atoms with van der Waals surface area (Å²) >= 11 is 0. The number of benzene rings is 2. The summed E-state index contributed by atoms with van der Waals surface area (Å²) in [5, 5.41) is 2.70. The molecule has 0 saturated heterocycles. The zero-order chi connectivity index (χ0) is 13.1. The number of hydrogen-bond acceptors (Lipinski definition) is 2. The van der Waals surface area contributed by atoms with Gasteiger partial charge >= 0.3 is 0 Å². The van der Waals surface area contributed by atoms with E-state index >= 15 is 0 Å². The van der Waals surface area contributed by atoms with Crippen molar-refractivity contribution in [1.29, 1.82) is 0 Å². The van der Waals surface area contributed by atoms with Crippen molar-refractivity contribution < 1.29 is 9.18 Å². The van der Waals surface area contributed by atoms with Crippen LogP contribution in [-0.4, -0.2) is 5.91 Å². The molecule has 0 aliphatic heterocycles. The van der Waals surface area contributed by atoms with Crippen molar-refractivity contribution in [1.82, 2.24) is 0 Å². The minimum absolute atomic E-state index is 0.293. The first kappa shape index (κ1) is 12.1. The standard InChI is InChI=1S/C14H13FN2O/c1-9-2-7-12(8-13(9)16)17-14(18)10-3-5-11(15)6-4-10/h2-8H,16H2,1H3,(H,17,18). The number of hydrogen-bond donors (Lipinski definition) is 2. The zero-order valence-electron chi connectivity index (χ0n) is 9.91. The molecule has 4 heteroatoms. The van der Waals surface area contributed by atoms with Crippen LogP contribution < -0.4 is 11.1 Å². The van der Waals surface area contributed by atoms with Gasteiger partial charge in [0.15, 0.2) is 0 Å². The fourth-order valence-corrected chi connectivity index (χ4v) is 1.52. The fraction of sp³-hybridized carbons (Fsp3) is 0.0714. The van der Waals surface area contributed by atoms with E-state index in [0.717, 1.165) is 5.56 Å². The van der Waals surface area contributed by atoms with Crippen molar-refractivity contribution >= 4 is 17.3 Å². The van der Waals surface area contributed by atoms with Gasteiger partial charge in [-0.05, 0) is 48.9 Å². The van der Waals surface area contributed by atoms with E-state index in [1.165, 1.54) is 24.3 Å². The van der Waals surface area contributed by atoms with Gasteiger partial charge in [0.25, 0.3) is 5.91 Å². The largest absolute Gasteiger partial charge is 0.398 e. The molecular formula is C14H13FN2O. The van der Waals surface area contributed by atoms with E-state index in [4.69, 9.17) is 5.73 Å². The Morgan fingerprint density at radius 2 is 1.83 bits per heavy atom. The number of nitrogen functional groups attached to an aromatic ring is 1. The highest BCUT2D eigenvalue weighted by Gasteiger charge is 2.06. The van der Waals surface area contributed by atoms with E-state index in [1.807, 2.05) is 13.0 Å². The first-order chi connectivity index (χ1) is 8.56. The molecule has 2 aromatic rings. The smallest absolute Gasteiger partial charge is 0.255 e. The van der Waals surface area contributed by atoms with Gasteiger partial charge in [-0.1, -0.05) is 6.07 Å². The van der Waals surface area contributed by atoms with Crippen LogP contribution >= 0.6 is 0 Å². The Hall–Kier alpha value is -2.36. The summed E-state index contributed by atoms with van der Waals surface area (Å²) in [4.78, 5) is 11.8. The number of rotatable bonds is 2. The number of aryl methyl sites for hydroxylation is 1. The number of halogens is 1. The monoisotopic (exact) mass is 244 g/mol. The molecule has 0 bridgehead atoms. The summed E-state index contributed by atoms with van der Waals surface area (Å²) in [7, 11) is 0. The van der Waals surface area contributed by atoms with Crippen molar-refractivity contribution in [2.45, 2.75) is 6.92 Å². The fourth-order valence-electron chi connectivity index (χ4n) is 1.52. The van der Waals surface area contributed by atoms with Crippen LogP contribution in [-0.2, 0) is 0 Å². The van der Waals surface area contributed by atoms with Gasteiger partial charge in [0.1, 0.15) is 5.82 Å². The number of nitrogens with one attached hydrogen (secondary N) is 1. The van der Waals surface area contributed by atoms with E-state index in [1.54, 1.807) is 12.1 Å². The average molecular weight is 244 g/mol. The van der Waals surface area contributed by atoms with Crippen LogP contribution in [0.2, 0.25) is 0 Å². The van der Waals surface area contributed by atoms with E-state index in [0.29, 0.717) is 16.9 Å². The third-order valence-corrected chi connectivity index (χ3v) is 2.64. The zero-order valence-corrected chi connectivity index (χ0v) is 9.91. The van der Waals surface area contributed by atoms with Crippen LogP contribution in [0, 0.1) is 12.7 Å². The molecule has 0 unspecified atom stereocenters. The average Bonchev–Trinajstić information content (AvgIpc) is 2.34. The quantitative estimate of drug-likeness (QED) is 0.798. The predicted octanol–water partition coefficient (Wildman–Crippen LogP) is 2.97. The normalized spacial score (nSPS) is 10.1. The van der Waals surface area contributed by atoms with Crippen LogP contribution in [0.3, 0.4) is 0 Å². The summed E-state index contributed by atoms with van der Waals surface area (Å²) in [5.74, 6) is -0.663. The molecule has 3 N–H and O–H groups in total. The second-order valence-corrected chi connectivity index (χ2v) is 4.03. The molecule has 18 heavy (non-hydrogen) atoms. The maximum absolute atomic E-state index is 12.7. The molecule has 0 atom stereocenters. The Kier molecular flexibility index (Phi) is 3.28. The highest BCUT2D eigenvalue weighted by atomic mass is 19.1. The molecule has 0 aliphatic rings. The molecule has 0 radical (unpaired) electrons. The van der Waals surface area contributed by atoms with Crippen molar-refractivity contribution in [3.05, 3.63) is 59.4 Å². The van der Waals surface area contributed by atoms with Gasteiger partial charge in [-0.25, -0.2) is 4.39 Å². The molecule has 0 saturated carbocycles. The van der Waals surface area contributed by atoms with E-state index < -0.39 is 0 Å². The van der Waals surface area contributed by atoms with E-state index in [-0.39, 0.29) is 11.7 Å². The topological polar surface area (TPSA) is 55.1 Å². The van der Waals surface area contributed by atoms with Crippen molar-refractivity contribution in [2.24, 2.45) is 0 Å². The lowest BCUT2D eigenvalue weighted by atomic mass is 10.1. The third kappa shape index (κ3) is 2.66. The second-order valence-electron chi connectivity index (χ2n) is 4.03. The van der Waals surface area contributed by atoms with Crippen LogP contribution in [0.1, 0.15) is 15.9 Å². The maximum Gasteiger partial charge on any atom is 0.255 e. The summed E-state index contributed by atoms with van der Waals surface area (Å²) in [5.41, 5.74) is 8.34. The van der Waals surface area contributed by atoms with Crippen LogP contribution in [0.4, 0.5) is 15.8 Å². The van der Waals surface area contributed by atoms with Gasteiger partial charge in [-0.2, -0.15) is 0 Å². The molecule has 92 valence electrons. The first-order valence-electron chi connectivity index (χ1n) is 5.49. The van der Waals surface area contributed by atoms with Gasteiger partial charge in [-0.15, -0.1) is 0 Å². The summed E-state index contributed by atoms with van der Waals surface area (Å²) < 4.78 is 12.7. The first-order valence-corrected chi connectivity index (χ1v) is 5.49. The Labute approximate surface area is 104 Å². The Morgan fingerprint density at radius 3 is 2.44 bits per heavy atom. The molecule has 0 aromatic heterocycles. The Balaban J connectivity index is 2.16. The van der Waals surface area contributed by atoms with Crippen molar-refractivity contribution in [2.75, 3.05) is 11.1 Å². The number of amides is 1. The summed E-state index contributed by atoms with van der Waals surface area (Å²) in [6.07, 6.45) is 0. The molecule has 2 rings (SSSR count). The number of carbonyl (C=O) groups excluding carboxylic acids is 1. The highest BCUT2D eigenvalue weighted by Crippen LogP contribution is 2.17. The molecule has 2 aromatic carbocycles. The van der Waals surface area contributed by atoms with Crippen LogP contribution in [0.25, 0.3) is 0 Å². The van der Waals surface area contributed by atoms with Crippen molar-refractivity contribution in [3.63, 3.8) is 0 Å². The number of nitrogens with two attached hydrogens (primary N) is 1. The van der Waals surface area contributed by atoms with E-state index in [2.05, 4.69) is 5.32 Å². The van der Waals surface area contributed by atoms with Gasteiger partial charge in [0.05, 0.1) is 0 Å². The van der Waals surface area contributed by atoms with Gasteiger partial charge in [0, 0.05) is 16.9 Å². The summed E-state index contributed by atoms with van der Waals surface area (Å²) in [6, 6.07) is 10.7. The molecule has 0 heterocycles. The molecule has 0 aliphatic carbocycles. The lowest BCUT2D eigenvalue weighted by Gasteiger charge is -2.07. The predicted molar refractivity (Wildman–Crippen MR) is 69.9 cm³/mol. The molecule has 1 amide bonds. The van der Waals surface area contributed by atoms with Crippen LogP contribution in [0.15, 0.2) is 42.5 Å². The van der Waals surface area contributed by atoms with Crippen molar-refractivity contribution in [3.8, 4) is 0 Å². The number of anilines is 2. The van der Waals surface area contributed by atoms with Gasteiger partial charge < -0.3 is 11.1 Å². The van der Waals surface area contributed by atoms with Crippen LogP contribution in [0.5, 0.6) is 0 Å². The minimum atomic E-state index is -0.369. The molecule has 3 nitrogen and oxygen atoms in total. The Morgan fingerprint density at radius 1 is 1.17 bits per heavy atom. The molecule has 0 spiro atoms. The number of carbonyl (C=O) groups is 1. The third-order valence-electron chi connectivity index (χ3n) is 2.64. The maximum atomic E-state index is 12.7. The molecular weight excluding hydrogens is 231 g/mol. The lowest BCUT2D eigenvalue weighted by Crippen LogP contribution is -2.12. The minimum Gasteiger partial charge on any atom is -0.398 e. The molecule has 0 fully saturated rings. The second kappa shape index (κ2) is 4.87. The SMILES string of the molecule is Cc1ccc(NC(=O)c2ccc(F)cc2)cc1N.